The maximum absolute atomic E-state index is 4.34. The lowest BCUT2D eigenvalue weighted by molar-refractivity contribution is 0.641. The Morgan fingerprint density at radius 1 is 1.08 bits per heavy atom. The van der Waals surface area contributed by atoms with E-state index in [1.807, 2.05) is 30.3 Å². The topological polar surface area (TPSA) is 53.4 Å². The normalized spacial score (nSPS) is 17.2. The molecule has 0 bridgehead atoms. The summed E-state index contributed by atoms with van der Waals surface area (Å²) in [6.45, 7) is 4.47. The SMILES string of the molecule is CN1/C(=C\C=N/Nc2nncc3ccccc23)C(C)(C)c2ccccc21. The molecular formula is C21H21N5. The molecule has 0 saturated carbocycles. The summed E-state index contributed by atoms with van der Waals surface area (Å²) < 4.78 is 0. The van der Waals surface area contributed by atoms with Crippen molar-refractivity contribution in [2.75, 3.05) is 17.4 Å². The fourth-order valence-corrected chi connectivity index (χ4v) is 3.62. The van der Waals surface area contributed by atoms with Crippen molar-refractivity contribution in [1.82, 2.24) is 10.2 Å². The molecule has 0 radical (unpaired) electrons. The first kappa shape index (κ1) is 16.3. The van der Waals surface area contributed by atoms with E-state index in [9.17, 15) is 0 Å². The molecule has 0 spiro atoms. The minimum absolute atomic E-state index is 0.0589. The molecule has 3 aromatic rings. The van der Waals surface area contributed by atoms with Crippen LogP contribution in [0.2, 0.25) is 0 Å². The number of nitrogens with zero attached hydrogens (tertiary/aromatic N) is 4. The number of para-hydroxylation sites is 1. The highest BCUT2D eigenvalue weighted by Crippen LogP contribution is 2.46. The Hall–Kier alpha value is -3.21. The van der Waals surface area contributed by atoms with E-state index in [1.165, 1.54) is 16.9 Å². The van der Waals surface area contributed by atoms with Crippen molar-refractivity contribution in [1.29, 1.82) is 0 Å². The van der Waals surface area contributed by atoms with Gasteiger partial charge < -0.3 is 4.90 Å². The zero-order valence-electron chi connectivity index (χ0n) is 15.1. The monoisotopic (exact) mass is 343 g/mol. The predicted molar refractivity (Wildman–Crippen MR) is 108 cm³/mol. The van der Waals surface area contributed by atoms with Gasteiger partial charge in [-0.2, -0.15) is 10.2 Å². The standard InChI is InChI=1S/C21H21N5/c1-21(2)17-10-6-7-11-18(17)26(3)19(21)12-13-22-24-20-16-9-5-4-8-15(16)14-23-25-20/h4-14H,1-3H3,(H,24,25)/b19-12-,22-13-. The molecule has 0 saturated heterocycles. The van der Waals surface area contributed by atoms with Crippen molar-refractivity contribution >= 4 is 28.5 Å². The predicted octanol–water partition coefficient (Wildman–Crippen LogP) is 4.34. The molecule has 4 rings (SSSR count). The number of benzene rings is 2. The molecule has 2 aromatic carbocycles. The third-order valence-electron chi connectivity index (χ3n) is 4.99. The van der Waals surface area contributed by atoms with Crippen molar-refractivity contribution in [3.05, 3.63) is 72.1 Å². The van der Waals surface area contributed by atoms with E-state index >= 15 is 0 Å². The highest BCUT2D eigenvalue weighted by Gasteiger charge is 2.37. The van der Waals surface area contributed by atoms with E-state index < -0.39 is 0 Å². The largest absolute Gasteiger partial charge is 0.347 e. The van der Waals surface area contributed by atoms with E-state index in [1.54, 1.807) is 12.4 Å². The van der Waals surface area contributed by atoms with Crippen LogP contribution in [-0.4, -0.2) is 23.5 Å². The minimum atomic E-state index is -0.0589. The Balaban J connectivity index is 1.58. The lowest BCUT2D eigenvalue weighted by Gasteiger charge is -2.23. The van der Waals surface area contributed by atoms with Crippen LogP contribution in [0.4, 0.5) is 11.5 Å². The minimum Gasteiger partial charge on any atom is -0.347 e. The Labute approximate surface area is 153 Å². The van der Waals surface area contributed by atoms with E-state index in [2.05, 4.69) is 70.8 Å². The first-order valence-electron chi connectivity index (χ1n) is 8.62. The van der Waals surface area contributed by atoms with Crippen LogP contribution >= 0.6 is 0 Å². The summed E-state index contributed by atoms with van der Waals surface area (Å²) >= 11 is 0. The van der Waals surface area contributed by atoms with Crippen LogP contribution in [0.5, 0.6) is 0 Å². The third kappa shape index (κ3) is 2.62. The molecule has 1 N–H and O–H groups in total. The van der Waals surface area contributed by atoms with Gasteiger partial charge in [-0.1, -0.05) is 56.3 Å². The second-order valence-electron chi connectivity index (χ2n) is 6.92. The van der Waals surface area contributed by atoms with E-state index in [0.29, 0.717) is 5.82 Å². The average molecular weight is 343 g/mol. The summed E-state index contributed by atoms with van der Waals surface area (Å²) in [7, 11) is 2.09. The number of aromatic nitrogens is 2. The number of likely N-dealkylation sites (N-methyl/N-ethyl adjacent to an activating group) is 1. The van der Waals surface area contributed by atoms with E-state index in [-0.39, 0.29) is 5.41 Å². The molecule has 0 atom stereocenters. The second-order valence-corrected chi connectivity index (χ2v) is 6.92. The van der Waals surface area contributed by atoms with Gasteiger partial charge in [0.05, 0.1) is 6.20 Å². The number of rotatable bonds is 3. The summed E-state index contributed by atoms with van der Waals surface area (Å²) in [4.78, 5) is 2.22. The second kappa shape index (κ2) is 6.26. The fraction of sp³-hybridized carbons (Fsp3) is 0.190. The number of allylic oxidation sites excluding steroid dienone is 2. The van der Waals surface area contributed by atoms with E-state index in [0.717, 1.165) is 10.8 Å². The third-order valence-corrected chi connectivity index (χ3v) is 4.99. The number of nitrogens with one attached hydrogen (secondary N) is 1. The van der Waals surface area contributed by atoms with Gasteiger partial charge in [0.15, 0.2) is 5.82 Å². The molecule has 0 amide bonds. The van der Waals surface area contributed by atoms with Gasteiger partial charge in [-0.05, 0) is 17.7 Å². The molecule has 5 heteroatoms. The van der Waals surface area contributed by atoms with Gasteiger partial charge in [0.1, 0.15) is 0 Å². The lowest BCUT2D eigenvalue weighted by Crippen LogP contribution is -2.23. The Morgan fingerprint density at radius 2 is 1.85 bits per heavy atom. The van der Waals surface area contributed by atoms with Gasteiger partial charge in [0, 0.05) is 40.8 Å². The van der Waals surface area contributed by atoms with Gasteiger partial charge in [0.2, 0.25) is 0 Å². The number of hydrogen-bond donors (Lipinski definition) is 1. The molecular weight excluding hydrogens is 322 g/mol. The fourth-order valence-electron chi connectivity index (χ4n) is 3.62. The highest BCUT2D eigenvalue weighted by molar-refractivity contribution is 5.91. The quantitative estimate of drug-likeness (QED) is 0.568. The van der Waals surface area contributed by atoms with Crippen LogP contribution in [0.15, 0.2) is 71.6 Å². The molecule has 26 heavy (non-hydrogen) atoms. The van der Waals surface area contributed by atoms with Crippen molar-refractivity contribution in [2.45, 2.75) is 19.3 Å². The van der Waals surface area contributed by atoms with Crippen LogP contribution in [0, 0.1) is 0 Å². The van der Waals surface area contributed by atoms with Crippen molar-refractivity contribution in [3.8, 4) is 0 Å². The van der Waals surface area contributed by atoms with Gasteiger partial charge >= 0.3 is 0 Å². The summed E-state index contributed by atoms with van der Waals surface area (Å²) in [5.74, 6) is 0.653. The molecule has 0 unspecified atom stereocenters. The smallest absolute Gasteiger partial charge is 0.176 e. The first-order valence-corrected chi connectivity index (χ1v) is 8.62. The van der Waals surface area contributed by atoms with Crippen LogP contribution in [0.1, 0.15) is 19.4 Å². The van der Waals surface area contributed by atoms with Crippen molar-refractivity contribution in [2.24, 2.45) is 5.10 Å². The van der Waals surface area contributed by atoms with Gasteiger partial charge in [0.25, 0.3) is 0 Å². The van der Waals surface area contributed by atoms with Crippen LogP contribution < -0.4 is 10.3 Å². The highest BCUT2D eigenvalue weighted by atomic mass is 15.3. The maximum Gasteiger partial charge on any atom is 0.176 e. The summed E-state index contributed by atoms with van der Waals surface area (Å²) in [5, 5.41) is 14.5. The molecule has 130 valence electrons. The van der Waals surface area contributed by atoms with E-state index in [4.69, 9.17) is 0 Å². The zero-order valence-corrected chi connectivity index (χ0v) is 15.1. The Kier molecular flexibility index (Phi) is 3.92. The Morgan fingerprint density at radius 3 is 2.69 bits per heavy atom. The number of anilines is 2. The molecule has 0 aliphatic carbocycles. The maximum atomic E-state index is 4.34. The first-order chi connectivity index (χ1) is 12.6. The summed E-state index contributed by atoms with van der Waals surface area (Å²) in [6.07, 6.45) is 5.58. The molecule has 1 aliphatic heterocycles. The average Bonchev–Trinajstić information content (AvgIpc) is 2.86. The van der Waals surface area contributed by atoms with Crippen molar-refractivity contribution < 1.29 is 0 Å². The summed E-state index contributed by atoms with van der Waals surface area (Å²) in [5.41, 5.74) is 6.72. The van der Waals surface area contributed by atoms with Gasteiger partial charge in [-0.25, -0.2) is 0 Å². The van der Waals surface area contributed by atoms with Gasteiger partial charge in [-0.3, -0.25) is 5.43 Å². The number of hydrogen-bond acceptors (Lipinski definition) is 5. The molecule has 1 aliphatic rings. The Bertz CT molecular complexity index is 1010. The zero-order chi connectivity index (χ0) is 18.1. The van der Waals surface area contributed by atoms with Crippen LogP contribution in [0.3, 0.4) is 0 Å². The molecule has 0 fully saturated rings. The van der Waals surface area contributed by atoms with Crippen molar-refractivity contribution in [3.63, 3.8) is 0 Å². The van der Waals surface area contributed by atoms with Crippen LogP contribution in [-0.2, 0) is 5.41 Å². The van der Waals surface area contributed by atoms with Crippen LogP contribution in [0.25, 0.3) is 10.8 Å². The lowest BCUT2D eigenvalue weighted by atomic mass is 9.84. The molecule has 1 aromatic heterocycles. The molecule has 2 heterocycles. The number of fused-ring (bicyclic) bond motifs is 2. The number of hydrazone groups is 1. The summed E-state index contributed by atoms with van der Waals surface area (Å²) in [6, 6.07) is 16.5. The molecule has 5 nitrogen and oxygen atoms in total. The van der Waals surface area contributed by atoms with Gasteiger partial charge in [-0.15, -0.1) is 5.10 Å².